The third-order valence-corrected chi connectivity index (χ3v) is 2.99. The summed E-state index contributed by atoms with van der Waals surface area (Å²) < 4.78 is 13.9. The number of nitrogens with one attached hydrogen (secondary N) is 1. The predicted octanol–water partition coefficient (Wildman–Crippen LogP) is 3.34. The van der Waals surface area contributed by atoms with E-state index in [1.807, 2.05) is 6.92 Å². The zero-order valence-corrected chi connectivity index (χ0v) is 11.1. The molecule has 88 valence electrons. The van der Waals surface area contributed by atoms with Crippen LogP contribution in [0.15, 0.2) is 22.7 Å². The standard InChI is InChI=1S/C11H12BrClFNO/c1-7(5-6-13)15-11(16)10-8(12)3-2-4-9(10)14/h2-4,7H,5-6H2,1H3,(H,15,16). The molecule has 0 heterocycles. The van der Waals surface area contributed by atoms with Crippen LogP contribution in [0.4, 0.5) is 4.39 Å². The van der Waals surface area contributed by atoms with Crippen LogP contribution in [0.2, 0.25) is 0 Å². The van der Waals surface area contributed by atoms with Crippen molar-refractivity contribution >= 4 is 33.4 Å². The van der Waals surface area contributed by atoms with Gasteiger partial charge in [-0.15, -0.1) is 11.6 Å². The maximum Gasteiger partial charge on any atom is 0.255 e. The van der Waals surface area contributed by atoms with Crippen LogP contribution < -0.4 is 5.32 Å². The van der Waals surface area contributed by atoms with Crippen LogP contribution in [0.25, 0.3) is 0 Å². The van der Waals surface area contributed by atoms with Crippen LogP contribution in [0.1, 0.15) is 23.7 Å². The highest BCUT2D eigenvalue weighted by atomic mass is 79.9. The molecule has 0 aromatic heterocycles. The predicted molar refractivity (Wildman–Crippen MR) is 66.4 cm³/mol. The first-order valence-electron chi connectivity index (χ1n) is 4.87. The van der Waals surface area contributed by atoms with Crippen molar-refractivity contribution in [1.82, 2.24) is 5.32 Å². The monoisotopic (exact) mass is 307 g/mol. The van der Waals surface area contributed by atoms with Gasteiger partial charge in [0.1, 0.15) is 5.82 Å². The maximum atomic E-state index is 13.4. The van der Waals surface area contributed by atoms with Crippen molar-refractivity contribution in [1.29, 1.82) is 0 Å². The van der Waals surface area contributed by atoms with Gasteiger partial charge in [-0.1, -0.05) is 6.07 Å². The summed E-state index contributed by atoms with van der Waals surface area (Å²) >= 11 is 8.70. The van der Waals surface area contributed by atoms with Gasteiger partial charge in [-0.3, -0.25) is 4.79 Å². The summed E-state index contributed by atoms with van der Waals surface area (Å²) in [6, 6.07) is 4.35. The molecule has 1 aromatic carbocycles. The molecule has 1 rings (SSSR count). The molecule has 0 spiro atoms. The third-order valence-electron chi connectivity index (χ3n) is 2.11. The Morgan fingerprint density at radius 3 is 2.88 bits per heavy atom. The summed E-state index contributed by atoms with van der Waals surface area (Å²) in [5.41, 5.74) is 0.0314. The molecule has 5 heteroatoms. The Morgan fingerprint density at radius 1 is 1.62 bits per heavy atom. The SMILES string of the molecule is CC(CCCl)NC(=O)c1c(F)cccc1Br. The summed E-state index contributed by atoms with van der Waals surface area (Å²) in [6.45, 7) is 1.83. The number of amides is 1. The van der Waals surface area contributed by atoms with E-state index in [-0.39, 0.29) is 11.6 Å². The van der Waals surface area contributed by atoms with Crippen LogP contribution in [0.5, 0.6) is 0 Å². The lowest BCUT2D eigenvalue weighted by Gasteiger charge is -2.13. The Kier molecular flexibility index (Phi) is 5.22. The van der Waals surface area contributed by atoms with Gasteiger partial charge in [0.2, 0.25) is 0 Å². The molecule has 0 saturated carbocycles. The Balaban J connectivity index is 2.80. The minimum Gasteiger partial charge on any atom is -0.349 e. The van der Waals surface area contributed by atoms with E-state index in [4.69, 9.17) is 11.6 Å². The van der Waals surface area contributed by atoms with Crippen LogP contribution >= 0.6 is 27.5 Å². The second kappa shape index (κ2) is 6.21. The fraction of sp³-hybridized carbons (Fsp3) is 0.364. The fourth-order valence-electron chi connectivity index (χ4n) is 1.25. The second-order valence-electron chi connectivity index (χ2n) is 3.45. The summed E-state index contributed by atoms with van der Waals surface area (Å²) in [5, 5.41) is 2.69. The van der Waals surface area contributed by atoms with Gasteiger partial charge in [0, 0.05) is 16.4 Å². The number of rotatable bonds is 4. The molecule has 16 heavy (non-hydrogen) atoms. The summed E-state index contributed by atoms with van der Waals surface area (Å²) in [4.78, 5) is 11.7. The van der Waals surface area contributed by atoms with E-state index in [0.717, 1.165) is 0 Å². The van der Waals surface area contributed by atoms with Gasteiger partial charge >= 0.3 is 0 Å². The number of hydrogen-bond donors (Lipinski definition) is 1. The van der Waals surface area contributed by atoms with E-state index in [1.165, 1.54) is 6.07 Å². The molecule has 0 aliphatic rings. The number of halogens is 3. The van der Waals surface area contributed by atoms with Gasteiger partial charge in [-0.05, 0) is 41.4 Å². The normalized spacial score (nSPS) is 12.2. The van der Waals surface area contributed by atoms with Crippen molar-refractivity contribution in [2.45, 2.75) is 19.4 Å². The van der Waals surface area contributed by atoms with Gasteiger partial charge in [0.25, 0.3) is 5.91 Å². The van der Waals surface area contributed by atoms with Crippen LogP contribution in [-0.2, 0) is 0 Å². The minimum atomic E-state index is -0.537. The molecule has 1 amide bonds. The molecule has 0 aliphatic carbocycles. The van der Waals surface area contributed by atoms with Crippen LogP contribution in [0, 0.1) is 5.82 Å². The Morgan fingerprint density at radius 2 is 2.31 bits per heavy atom. The molecule has 1 aromatic rings. The highest BCUT2D eigenvalue weighted by Gasteiger charge is 2.16. The van der Waals surface area contributed by atoms with Crippen molar-refractivity contribution in [3.63, 3.8) is 0 Å². The molecule has 0 saturated heterocycles. The molecule has 0 radical (unpaired) electrons. The topological polar surface area (TPSA) is 29.1 Å². The zero-order chi connectivity index (χ0) is 12.1. The van der Waals surface area contributed by atoms with Gasteiger partial charge in [0.15, 0.2) is 0 Å². The molecule has 1 unspecified atom stereocenters. The first-order chi connectivity index (χ1) is 7.56. The van der Waals surface area contributed by atoms with Gasteiger partial charge in [-0.2, -0.15) is 0 Å². The first kappa shape index (κ1) is 13.5. The number of alkyl halides is 1. The number of hydrogen-bond acceptors (Lipinski definition) is 1. The molecular weight excluding hydrogens is 296 g/mol. The number of carbonyl (C=O) groups is 1. The molecule has 0 fully saturated rings. The average Bonchev–Trinajstić information content (AvgIpc) is 2.17. The van der Waals surface area contributed by atoms with Gasteiger partial charge < -0.3 is 5.32 Å². The highest BCUT2D eigenvalue weighted by molar-refractivity contribution is 9.10. The van der Waals surface area contributed by atoms with Crippen molar-refractivity contribution in [2.75, 3.05) is 5.88 Å². The van der Waals surface area contributed by atoms with E-state index in [0.29, 0.717) is 16.8 Å². The quantitative estimate of drug-likeness (QED) is 0.849. The highest BCUT2D eigenvalue weighted by Crippen LogP contribution is 2.19. The summed E-state index contributed by atoms with van der Waals surface area (Å²) in [5.74, 6) is -0.507. The molecule has 0 bridgehead atoms. The van der Waals surface area contributed by atoms with Crippen molar-refractivity contribution in [2.24, 2.45) is 0 Å². The lowest BCUT2D eigenvalue weighted by atomic mass is 10.1. The number of benzene rings is 1. The Hall–Kier alpha value is -0.610. The van der Waals surface area contributed by atoms with E-state index >= 15 is 0 Å². The van der Waals surface area contributed by atoms with Crippen molar-refractivity contribution < 1.29 is 9.18 Å². The first-order valence-corrected chi connectivity index (χ1v) is 6.20. The lowest BCUT2D eigenvalue weighted by molar-refractivity contribution is 0.0934. The van der Waals surface area contributed by atoms with Gasteiger partial charge in [0.05, 0.1) is 5.56 Å². The van der Waals surface area contributed by atoms with Crippen molar-refractivity contribution in [3.05, 3.63) is 34.1 Å². The maximum absolute atomic E-state index is 13.4. The lowest BCUT2D eigenvalue weighted by Crippen LogP contribution is -2.33. The second-order valence-corrected chi connectivity index (χ2v) is 4.68. The Bertz CT molecular complexity index is 366. The average molecular weight is 309 g/mol. The Labute approximate surface area is 107 Å². The third kappa shape index (κ3) is 3.46. The van der Waals surface area contributed by atoms with E-state index in [1.54, 1.807) is 12.1 Å². The molecule has 2 nitrogen and oxygen atoms in total. The molecule has 0 aliphatic heterocycles. The molecule has 1 N–H and O–H groups in total. The zero-order valence-electron chi connectivity index (χ0n) is 8.77. The van der Waals surface area contributed by atoms with E-state index < -0.39 is 11.7 Å². The molecular formula is C11H12BrClFNO. The summed E-state index contributed by atoms with van der Waals surface area (Å²) in [6.07, 6.45) is 0.652. The van der Waals surface area contributed by atoms with Crippen molar-refractivity contribution in [3.8, 4) is 0 Å². The molecule has 1 atom stereocenters. The van der Waals surface area contributed by atoms with Gasteiger partial charge in [-0.25, -0.2) is 4.39 Å². The van der Waals surface area contributed by atoms with Crippen LogP contribution in [-0.4, -0.2) is 17.8 Å². The van der Waals surface area contributed by atoms with E-state index in [2.05, 4.69) is 21.2 Å². The largest absolute Gasteiger partial charge is 0.349 e. The minimum absolute atomic E-state index is 0.0314. The fourth-order valence-corrected chi connectivity index (χ4v) is 2.10. The van der Waals surface area contributed by atoms with Crippen LogP contribution in [0.3, 0.4) is 0 Å². The summed E-state index contributed by atoms with van der Waals surface area (Å²) in [7, 11) is 0. The smallest absolute Gasteiger partial charge is 0.255 e. The van der Waals surface area contributed by atoms with E-state index in [9.17, 15) is 9.18 Å². The number of carbonyl (C=O) groups excluding carboxylic acids is 1.